The Balaban J connectivity index is 4.39. The Morgan fingerprint density at radius 3 is 0.768 bits per heavy atom. The van der Waals surface area contributed by atoms with Crippen molar-refractivity contribution in [2.75, 3.05) is 13.2 Å². The SMILES string of the molecule is CC/C=C\C/C=C\C/C=C\C/C=C\C/C=C\C/C=C\C/C=C\CCCCCC(=O)OCC(COC(=O)CCCCCCC/C=C\CCCCCCCC)OC(=O)CCCCCCCCCCCCCCCCCCCCCCCCCC. The minimum Gasteiger partial charge on any atom is -0.462 e. The molecule has 0 fully saturated rings. The molecule has 1 unspecified atom stereocenters. The molecule has 82 heavy (non-hydrogen) atoms. The van der Waals surface area contributed by atoms with Gasteiger partial charge in [0.1, 0.15) is 13.2 Å². The number of esters is 3. The van der Waals surface area contributed by atoms with Crippen molar-refractivity contribution < 1.29 is 28.6 Å². The van der Waals surface area contributed by atoms with Crippen LogP contribution in [0.25, 0.3) is 0 Å². The lowest BCUT2D eigenvalue weighted by Crippen LogP contribution is -2.30. The van der Waals surface area contributed by atoms with Crippen molar-refractivity contribution >= 4 is 17.9 Å². The van der Waals surface area contributed by atoms with Crippen molar-refractivity contribution in [2.24, 2.45) is 0 Å². The van der Waals surface area contributed by atoms with Crippen molar-refractivity contribution in [1.82, 2.24) is 0 Å². The highest BCUT2D eigenvalue weighted by Crippen LogP contribution is 2.18. The lowest BCUT2D eigenvalue weighted by Gasteiger charge is -2.18. The van der Waals surface area contributed by atoms with Crippen molar-refractivity contribution in [3.05, 3.63) is 97.2 Å². The monoisotopic (exact) mass is 1140 g/mol. The Labute approximate surface area is 508 Å². The molecular formula is C76H132O6. The van der Waals surface area contributed by atoms with Gasteiger partial charge in [0.05, 0.1) is 0 Å². The Hall–Kier alpha value is -3.67. The zero-order valence-corrected chi connectivity index (χ0v) is 54.2. The number of allylic oxidation sites excluding steroid dienone is 16. The van der Waals surface area contributed by atoms with Gasteiger partial charge >= 0.3 is 17.9 Å². The molecule has 0 aromatic carbocycles. The van der Waals surface area contributed by atoms with E-state index in [1.54, 1.807) is 0 Å². The predicted molar refractivity (Wildman–Crippen MR) is 357 cm³/mol. The lowest BCUT2D eigenvalue weighted by atomic mass is 10.0. The van der Waals surface area contributed by atoms with Crippen LogP contribution in [0.4, 0.5) is 0 Å². The molecule has 0 saturated heterocycles. The van der Waals surface area contributed by atoms with Gasteiger partial charge in [0.2, 0.25) is 0 Å². The quantitative estimate of drug-likeness (QED) is 0.0261. The van der Waals surface area contributed by atoms with Gasteiger partial charge in [0, 0.05) is 19.3 Å². The number of unbranched alkanes of at least 4 members (excludes halogenated alkanes) is 37. The first kappa shape index (κ1) is 78.3. The smallest absolute Gasteiger partial charge is 0.306 e. The summed E-state index contributed by atoms with van der Waals surface area (Å²) in [6.07, 6.45) is 94.3. The van der Waals surface area contributed by atoms with Gasteiger partial charge in [-0.05, 0) is 103 Å². The van der Waals surface area contributed by atoms with E-state index in [4.69, 9.17) is 14.2 Å². The number of hydrogen-bond donors (Lipinski definition) is 0. The molecule has 0 rings (SSSR count). The molecule has 6 nitrogen and oxygen atoms in total. The average molecular weight is 1140 g/mol. The topological polar surface area (TPSA) is 78.9 Å². The van der Waals surface area contributed by atoms with Crippen LogP contribution >= 0.6 is 0 Å². The van der Waals surface area contributed by atoms with E-state index < -0.39 is 6.10 Å². The Morgan fingerprint density at radius 1 is 0.256 bits per heavy atom. The Morgan fingerprint density at radius 2 is 0.476 bits per heavy atom. The lowest BCUT2D eigenvalue weighted by molar-refractivity contribution is -0.167. The minimum absolute atomic E-state index is 0.0900. The summed E-state index contributed by atoms with van der Waals surface area (Å²) in [5.41, 5.74) is 0. The first-order valence-electron chi connectivity index (χ1n) is 35.2. The fourth-order valence-corrected chi connectivity index (χ4v) is 10.1. The fraction of sp³-hybridized carbons (Fsp3) is 0.750. The van der Waals surface area contributed by atoms with Crippen LogP contribution in [-0.4, -0.2) is 37.2 Å². The van der Waals surface area contributed by atoms with E-state index in [0.29, 0.717) is 19.3 Å². The summed E-state index contributed by atoms with van der Waals surface area (Å²) in [4.78, 5) is 38.4. The first-order chi connectivity index (χ1) is 40.5. The number of hydrogen-bond acceptors (Lipinski definition) is 6. The summed E-state index contributed by atoms with van der Waals surface area (Å²) < 4.78 is 17.0. The van der Waals surface area contributed by atoms with Gasteiger partial charge in [-0.3, -0.25) is 14.4 Å². The average Bonchev–Trinajstić information content (AvgIpc) is 3.47. The molecule has 0 aliphatic carbocycles. The number of ether oxygens (including phenoxy) is 3. The van der Waals surface area contributed by atoms with Crippen LogP contribution < -0.4 is 0 Å². The molecule has 472 valence electrons. The largest absolute Gasteiger partial charge is 0.462 e. The predicted octanol–water partition coefficient (Wildman–Crippen LogP) is 24.4. The van der Waals surface area contributed by atoms with Gasteiger partial charge in [-0.2, -0.15) is 0 Å². The van der Waals surface area contributed by atoms with E-state index in [-0.39, 0.29) is 31.1 Å². The van der Waals surface area contributed by atoms with Crippen LogP contribution in [0.2, 0.25) is 0 Å². The molecule has 1 atom stereocenters. The van der Waals surface area contributed by atoms with E-state index in [2.05, 4.69) is 118 Å². The first-order valence-corrected chi connectivity index (χ1v) is 35.2. The molecule has 0 bridgehead atoms. The third-order valence-corrected chi connectivity index (χ3v) is 15.3. The van der Waals surface area contributed by atoms with Crippen LogP contribution in [0.15, 0.2) is 97.2 Å². The van der Waals surface area contributed by atoms with Gasteiger partial charge in [-0.25, -0.2) is 0 Å². The van der Waals surface area contributed by atoms with Crippen molar-refractivity contribution in [2.45, 2.75) is 354 Å². The Bertz CT molecular complexity index is 1590. The fourth-order valence-electron chi connectivity index (χ4n) is 10.1. The third kappa shape index (κ3) is 67.1. The highest BCUT2D eigenvalue weighted by atomic mass is 16.6. The van der Waals surface area contributed by atoms with E-state index >= 15 is 0 Å². The normalized spacial score (nSPS) is 12.7. The summed E-state index contributed by atoms with van der Waals surface area (Å²) >= 11 is 0. The van der Waals surface area contributed by atoms with Crippen molar-refractivity contribution in [1.29, 1.82) is 0 Å². The van der Waals surface area contributed by atoms with E-state index in [9.17, 15) is 14.4 Å². The number of carbonyl (C=O) groups excluding carboxylic acids is 3. The van der Waals surface area contributed by atoms with Crippen LogP contribution in [0.1, 0.15) is 348 Å². The van der Waals surface area contributed by atoms with Crippen molar-refractivity contribution in [3.63, 3.8) is 0 Å². The maximum Gasteiger partial charge on any atom is 0.306 e. The van der Waals surface area contributed by atoms with Gasteiger partial charge < -0.3 is 14.2 Å². The second kappa shape index (κ2) is 69.8. The van der Waals surface area contributed by atoms with E-state index in [0.717, 1.165) is 116 Å². The van der Waals surface area contributed by atoms with Gasteiger partial charge in [-0.15, -0.1) is 0 Å². The standard InChI is InChI=1S/C76H132O6/c1-4-7-10-13-16-19-22-25-28-30-32-34-36-38-40-41-43-45-48-51-54-57-60-63-66-69-75(78)81-72-73(71-80-74(77)68-65-62-59-56-53-50-47-27-24-21-18-15-12-9-6-3)82-76(79)70-67-64-61-58-55-52-49-46-44-42-39-37-35-33-31-29-26-23-20-17-14-11-8-5-2/h7,10,16,19,25,27-28,32,34,38,40,43,45,47,51,54,73H,4-6,8-9,11-15,17-18,20-24,26,29-31,33,35-37,39,41-42,44,46,48-50,52-53,55-72H2,1-3H3/b10-7-,19-16-,28-25-,34-32-,40-38-,45-43-,47-27-,54-51-. The van der Waals surface area contributed by atoms with Crippen LogP contribution in [0.3, 0.4) is 0 Å². The highest BCUT2D eigenvalue weighted by Gasteiger charge is 2.19. The van der Waals surface area contributed by atoms with Crippen LogP contribution in [0, 0.1) is 0 Å². The van der Waals surface area contributed by atoms with Crippen LogP contribution in [0.5, 0.6) is 0 Å². The number of rotatable bonds is 64. The van der Waals surface area contributed by atoms with Crippen LogP contribution in [-0.2, 0) is 28.6 Å². The zero-order valence-electron chi connectivity index (χ0n) is 54.2. The molecule has 0 aliphatic heterocycles. The molecule has 0 N–H and O–H groups in total. The van der Waals surface area contributed by atoms with Gasteiger partial charge in [0.25, 0.3) is 0 Å². The molecule has 0 heterocycles. The maximum absolute atomic E-state index is 13.0. The third-order valence-electron chi connectivity index (χ3n) is 15.3. The minimum atomic E-state index is -0.796. The summed E-state index contributed by atoms with van der Waals surface area (Å²) in [5.74, 6) is -0.914. The van der Waals surface area contributed by atoms with E-state index in [1.807, 2.05) is 0 Å². The molecular weight excluding hydrogens is 1010 g/mol. The molecule has 0 radical (unpaired) electrons. The van der Waals surface area contributed by atoms with Crippen molar-refractivity contribution in [3.8, 4) is 0 Å². The molecule has 0 amide bonds. The molecule has 0 saturated carbocycles. The second-order valence-corrected chi connectivity index (χ2v) is 23.4. The Kier molecular flexibility index (Phi) is 66.7. The van der Waals surface area contributed by atoms with Gasteiger partial charge in [-0.1, -0.05) is 323 Å². The summed E-state index contributed by atoms with van der Waals surface area (Å²) in [5, 5.41) is 0. The maximum atomic E-state index is 13.0. The summed E-state index contributed by atoms with van der Waals surface area (Å²) in [7, 11) is 0. The van der Waals surface area contributed by atoms with E-state index in [1.165, 1.54) is 193 Å². The summed E-state index contributed by atoms with van der Waals surface area (Å²) in [6.45, 7) is 6.53. The zero-order chi connectivity index (χ0) is 59.2. The molecule has 0 aromatic rings. The molecule has 0 aliphatic rings. The number of carbonyl (C=O) groups is 3. The molecule has 6 heteroatoms. The molecule has 0 aromatic heterocycles. The van der Waals surface area contributed by atoms with Gasteiger partial charge in [0.15, 0.2) is 6.10 Å². The summed E-state index contributed by atoms with van der Waals surface area (Å²) in [6, 6.07) is 0. The molecule has 0 spiro atoms. The highest BCUT2D eigenvalue weighted by molar-refractivity contribution is 5.71. The second-order valence-electron chi connectivity index (χ2n) is 23.4.